The minimum atomic E-state index is -0.632. The molecule has 2 aromatic carbocycles. The molecule has 0 fully saturated rings. The van der Waals surface area contributed by atoms with Crippen LogP contribution in [0.1, 0.15) is 30.0 Å². The highest BCUT2D eigenvalue weighted by Crippen LogP contribution is 2.23. The van der Waals surface area contributed by atoms with Gasteiger partial charge in [-0.25, -0.2) is 4.79 Å². The monoisotopic (exact) mass is 380 g/mol. The minimum Gasteiger partial charge on any atom is -0.449 e. The maximum Gasteiger partial charge on any atom is 0.331 e. The topological polar surface area (TPSA) is 65.2 Å². The van der Waals surface area contributed by atoms with E-state index in [0.29, 0.717) is 5.89 Å². The molecule has 1 heterocycles. The van der Waals surface area contributed by atoms with Crippen LogP contribution in [0.4, 0.5) is 0 Å². The molecule has 27 heavy (non-hydrogen) atoms. The van der Waals surface area contributed by atoms with E-state index in [4.69, 9.17) is 9.15 Å². The molecular weight excluding hydrogens is 360 g/mol. The van der Waals surface area contributed by atoms with Gasteiger partial charge in [-0.15, -0.1) is 22.0 Å². The van der Waals surface area contributed by atoms with Crippen molar-refractivity contribution in [3.05, 3.63) is 71.6 Å². The van der Waals surface area contributed by atoms with Gasteiger partial charge in [0.1, 0.15) is 0 Å². The Morgan fingerprint density at radius 2 is 1.81 bits per heavy atom. The SMILES string of the molecule is CSc1ccc(/C=C/C(=O)O[C@@H](C)c2nnc(-c3ccc(C)cc3)o2)cc1. The van der Waals surface area contributed by atoms with Crippen molar-refractivity contribution in [2.75, 3.05) is 6.26 Å². The molecule has 0 saturated carbocycles. The highest BCUT2D eigenvalue weighted by Gasteiger charge is 2.18. The lowest BCUT2D eigenvalue weighted by molar-refractivity contribution is -0.143. The van der Waals surface area contributed by atoms with Crippen molar-refractivity contribution in [1.29, 1.82) is 0 Å². The lowest BCUT2D eigenvalue weighted by Gasteiger charge is -2.06. The number of benzene rings is 2. The van der Waals surface area contributed by atoms with Gasteiger partial charge in [-0.2, -0.15) is 0 Å². The molecule has 0 amide bonds. The largest absolute Gasteiger partial charge is 0.449 e. The lowest BCUT2D eigenvalue weighted by Crippen LogP contribution is -2.06. The molecule has 1 aromatic heterocycles. The number of aromatic nitrogens is 2. The molecule has 0 aliphatic carbocycles. The number of aryl methyl sites for hydroxylation is 1. The van der Waals surface area contributed by atoms with E-state index in [1.54, 1.807) is 24.8 Å². The summed E-state index contributed by atoms with van der Waals surface area (Å²) >= 11 is 1.67. The third kappa shape index (κ3) is 5.08. The maximum atomic E-state index is 12.0. The Kier molecular flexibility index (Phi) is 6.08. The molecule has 5 nitrogen and oxygen atoms in total. The van der Waals surface area contributed by atoms with Gasteiger partial charge >= 0.3 is 5.97 Å². The van der Waals surface area contributed by atoms with Gasteiger partial charge in [0.2, 0.25) is 5.89 Å². The van der Waals surface area contributed by atoms with E-state index in [2.05, 4.69) is 10.2 Å². The fourth-order valence-electron chi connectivity index (χ4n) is 2.35. The summed E-state index contributed by atoms with van der Waals surface area (Å²) in [6.07, 6.45) is 4.49. The zero-order valence-electron chi connectivity index (χ0n) is 15.4. The van der Waals surface area contributed by atoms with Crippen LogP contribution in [0.5, 0.6) is 0 Å². The molecule has 0 N–H and O–H groups in total. The van der Waals surface area contributed by atoms with E-state index in [1.165, 1.54) is 11.0 Å². The van der Waals surface area contributed by atoms with Gasteiger partial charge < -0.3 is 9.15 Å². The first kappa shape index (κ1) is 18.9. The summed E-state index contributed by atoms with van der Waals surface area (Å²) in [5.74, 6) is 0.195. The van der Waals surface area contributed by atoms with E-state index in [0.717, 1.165) is 16.7 Å². The molecule has 3 rings (SSSR count). The van der Waals surface area contributed by atoms with Crippen LogP contribution in [0.15, 0.2) is 63.9 Å². The van der Waals surface area contributed by atoms with Crippen LogP contribution >= 0.6 is 11.8 Å². The number of hydrogen-bond donors (Lipinski definition) is 0. The lowest BCUT2D eigenvalue weighted by atomic mass is 10.1. The number of carbonyl (C=O) groups is 1. The highest BCUT2D eigenvalue weighted by atomic mass is 32.2. The van der Waals surface area contributed by atoms with Gasteiger partial charge in [0.15, 0.2) is 6.10 Å². The molecule has 0 aliphatic heterocycles. The maximum absolute atomic E-state index is 12.0. The van der Waals surface area contributed by atoms with Gasteiger partial charge in [-0.1, -0.05) is 29.8 Å². The fraction of sp³-hybridized carbons (Fsp3) is 0.190. The molecule has 138 valence electrons. The number of carbonyl (C=O) groups excluding carboxylic acids is 1. The van der Waals surface area contributed by atoms with E-state index in [9.17, 15) is 4.79 Å². The normalized spacial score (nSPS) is 12.3. The number of ether oxygens (including phenoxy) is 1. The molecular formula is C21H20N2O3S. The second-order valence-corrected chi connectivity index (χ2v) is 6.88. The van der Waals surface area contributed by atoms with Crippen LogP contribution in [0.2, 0.25) is 0 Å². The summed E-state index contributed by atoms with van der Waals surface area (Å²) in [4.78, 5) is 13.2. The third-order valence-corrected chi connectivity index (χ3v) is 4.65. The number of nitrogens with zero attached hydrogens (tertiary/aromatic N) is 2. The van der Waals surface area contributed by atoms with Crippen LogP contribution in [0, 0.1) is 6.92 Å². The Morgan fingerprint density at radius 1 is 1.11 bits per heavy atom. The summed E-state index contributed by atoms with van der Waals surface area (Å²) in [6.45, 7) is 3.71. The van der Waals surface area contributed by atoms with Crippen LogP contribution in [0.3, 0.4) is 0 Å². The van der Waals surface area contributed by atoms with Gasteiger partial charge in [-0.05, 0) is 56.0 Å². The molecule has 3 aromatic rings. The average molecular weight is 380 g/mol. The van der Waals surface area contributed by atoms with Crippen LogP contribution in [-0.2, 0) is 9.53 Å². The smallest absolute Gasteiger partial charge is 0.331 e. The summed E-state index contributed by atoms with van der Waals surface area (Å²) in [6, 6.07) is 15.7. The summed E-state index contributed by atoms with van der Waals surface area (Å²) < 4.78 is 11.0. The summed E-state index contributed by atoms with van der Waals surface area (Å²) in [7, 11) is 0. The van der Waals surface area contributed by atoms with Crippen LogP contribution in [-0.4, -0.2) is 22.4 Å². The van der Waals surface area contributed by atoms with E-state index < -0.39 is 12.1 Å². The van der Waals surface area contributed by atoms with Crippen molar-refractivity contribution in [3.63, 3.8) is 0 Å². The van der Waals surface area contributed by atoms with E-state index in [1.807, 2.05) is 61.7 Å². The Bertz CT molecular complexity index is 931. The van der Waals surface area contributed by atoms with Crippen LogP contribution in [0.25, 0.3) is 17.5 Å². The van der Waals surface area contributed by atoms with Crippen molar-refractivity contribution in [2.24, 2.45) is 0 Å². The number of hydrogen-bond acceptors (Lipinski definition) is 6. The van der Waals surface area contributed by atoms with E-state index >= 15 is 0 Å². The summed E-state index contributed by atoms with van der Waals surface area (Å²) in [5.41, 5.74) is 2.90. The Labute approximate surface area is 162 Å². The molecule has 0 bridgehead atoms. The minimum absolute atomic E-state index is 0.261. The first-order chi connectivity index (χ1) is 13.0. The first-order valence-electron chi connectivity index (χ1n) is 8.48. The zero-order chi connectivity index (χ0) is 19.2. The Balaban J connectivity index is 1.61. The Morgan fingerprint density at radius 3 is 2.48 bits per heavy atom. The highest BCUT2D eigenvalue weighted by molar-refractivity contribution is 7.98. The second kappa shape index (κ2) is 8.68. The number of rotatable bonds is 6. The van der Waals surface area contributed by atoms with Gasteiger partial charge in [0.25, 0.3) is 5.89 Å². The van der Waals surface area contributed by atoms with Crippen LogP contribution < -0.4 is 0 Å². The molecule has 0 aliphatic rings. The fourth-order valence-corrected chi connectivity index (χ4v) is 2.76. The Hall–Kier alpha value is -2.86. The number of thioether (sulfide) groups is 1. The van der Waals surface area contributed by atoms with Crippen molar-refractivity contribution in [1.82, 2.24) is 10.2 Å². The predicted molar refractivity (Wildman–Crippen MR) is 106 cm³/mol. The first-order valence-corrected chi connectivity index (χ1v) is 9.71. The molecule has 0 unspecified atom stereocenters. The second-order valence-electron chi connectivity index (χ2n) is 6.00. The molecule has 1 atom stereocenters. The molecule has 0 spiro atoms. The standard InChI is InChI=1S/C21H20N2O3S/c1-14-4-9-17(10-5-14)21-23-22-20(26-21)15(2)25-19(24)13-8-16-6-11-18(27-3)12-7-16/h4-13,15H,1-3H3/b13-8+/t15-/m0/s1. The summed E-state index contributed by atoms with van der Waals surface area (Å²) in [5, 5.41) is 8.01. The van der Waals surface area contributed by atoms with E-state index in [-0.39, 0.29) is 5.89 Å². The average Bonchev–Trinajstić information content (AvgIpc) is 3.18. The zero-order valence-corrected chi connectivity index (χ0v) is 16.2. The number of esters is 1. The third-order valence-electron chi connectivity index (χ3n) is 3.91. The van der Waals surface area contributed by atoms with Crippen molar-refractivity contribution < 1.29 is 13.9 Å². The van der Waals surface area contributed by atoms with Gasteiger partial charge in [-0.3, -0.25) is 0 Å². The van der Waals surface area contributed by atoms with Crippen molar-refractivity contribution >= 4 is 23.8 Å². The van der Waals surface area contributed by atoms with Crippen molar-refractivity contribution in [3.8, 4) is 11.5 Å². The van der Waals surface area contributed by atoms with Gasteiger partial charge in [0.05, 0.1) is 0 Å². The molecule has 0 radical (unpaired) electrons. The van der Waals surface area contributed by atoms with Gasteiger partial charge in [0, 0.05) is 16.5 Å². The molecule has 0 saturated heterocycles. The van der Waals surface area contributed by atoms with Crippen molar-refractivity contribution in [2.45, 2.75) is 24.8 Å². The molecule has 6 heteroatoms. The predicted octanol–water partition coefficient (Wildman–Crippen LogP) is 5.08. The quantitative estimate of drug-likeness (QED) is 0.337.